The van der Waals surface area contributed by atoms with E-state index in [1.165, 1.54) is 0 Å². The number of hydrogen-bond acceptors (Lipinski definition) is 2. The van der Waals surface area contributed by atoms with Crippen LogP contribution in [0.3, 0.4) is 0 Å². The minimum atomic E-state index is -0.116. The first-order valence-electron chi connectivity index (χ1n) is 5.06. The molecule has 2 aromatic rings. The molecule has 0 aliphatic carbocycles. The zero-order chi connectivity index (χ0) is 12.4. The van der Waals surface area contributed by atoms with Crippen LogP contribution in [0.1, 0.15) is 11.3 Å². The van der Waals surface area contributed by atoms with E-state index >= 15 is 0 Å². The maximum atomic E-state index is 12.0. The van der Waals surface area contributed by atoms with Crippen LogP contribution >= 0.6 is 31.9 Å². The Morgan fingerprint density at radius 1 is 1.18 bits per heavy atom. The average molecular weight is 358 g/mol. The number of aromatic nitrogens is 2. The molecular formula is C12H10Br2N2O. The highest BCUT2D eigenvalue weighted by molar-refractivity contribution is 9.11. The van der Waals surface area contributed by atoms with Crippen molar-refractivity contribution in [2.24, 2.45) is 0 Å². The van der Waals surface area contributed by atoms with Crippen molar-refractivity contribution in [1.82, 2.24) is 9.55 Å². The van der Waals surface area contributed by atoms with Gasteiger partial charge in [-0.2, -0.15) is 0 Å². The molecule has 0 atom stereocenters. The predicted molar refractivity (Wildman–Crippen MR) is 74.2 cm³/mol. The van der Waals surface area contributed by atoms with E-state index in [1.54, 1.807) is 4.57 Å². The topological polar surface area (TPSA) is 34.9 Å². The molecular weight excluding hydrogens is 348 g/mol. The summed E-state index contributed by atoms with van der Waals surface area (Å²) in [6, 6.07) is 9.86. The van der Waals surface area contributed by atoms with Gasteiger partial charge in [0.15, 0.2) is 4.60 Å². The van der Waals surface area contributed by atoms with Crippen LogP contribution in [-0.4, -0.2) is 9.55 Å². The van der Waals surface area contributed by atoms with Gasteiger partial charge in [-0.3, -0.25) is 4.79 Å². The molecule has 0 saturated heterocycles. The molecule has 0 spiro atoms. The molecule has 0 aliphatic rings. The van der Waals surface area contributed by atoms with Gasteiger partial charge >= 0.3 is 0 Å². The van der Waals surface area contributed by atoms with Crippen LogP contribution in [0.15, 0.2) is 44.3 Å². The van der Waals surface area contributed by atoms with Crippen molar-refractivity contribution in [1.29, 1.82) is 0 Å². The van der Waals surface area contributed by atoms with Gasteiger partial charge in [0.05, 0.1) is 12.2 Å². The number of halogens is 2. The monoisotopic (exact) mass is 356 g/mol. The van der Waals surface area contributed by atoms with E-state index in [1.807, 2.05) is 37.3 Å². The molecule has 3 nitrogen and oxygen atoms in total. The molecule has 1 heterocycles. The van der Waals surface area contributed by atoms with E-state index in [-0.39, 0.29) is 5.56 Å². The summed E-state index contributed by atoms with van der Waals surface area (Å²) < 4.78 is 2.70. The van der Waals surface area contributed by atoms with Gasteiger partial charge in [0.1, 0.15) is 4.60 Å². The molecule has 0 bridgehead atoms. The van der Waals surface area contributed by atoms with Gasteiger partial charge in [-0.05, 0) is 44.3 Å². The van der Waals surface area contributed by atoms with Crippen LogP contribution in [0.25, 0.3) is 0 Å². The molecule has 17 heavy (non-hydrogen) atoms. The summed E-state index contributed by atoms with van der Waals surface area (Å²) in [5.41, 5.74) is 1.79. The van der Waals surface area contributed by atoms with Gasteiger partial charge in [-0.15, -0.1) is 0 Å². The Morgan fingerprint density at radius 2 is 1.82 bits per heavy atom. The summed E-state index contributed by atoms with van der Waals surface area (Å²) in [7, 11) is 0. The smallest absolute Gasteiger partial charge is 0.284 e. The lowest BCUT2D eigenvalue weighted by Crippen LogP contribution is -2.25. The summed E-state index contributed by atoms with van der Waals surface area (Å²) >= 11 is 6.51. The fourth-order valence-electron chi connectivity index (χ4n) is 1.55. The summed E-state index contributed by atoms with van der Waals surface area (Å²) in [5, 5.41) is 0. The Labute approximate surface area is 116 Å². The standard InChI is InChI=1S/C12H10Br2N2O/c1-8-10(13)15-11(14)12(17)16(8)7-9-5-3-2-4-6-9/h2-6H,7H2,1H3. The van der Waals surface area contributed by atoms with Crippen molar-refractivity contribution in [3.05, 3.63) is 61.1 Å². The van der Waals surface area contributed by atoms with Gasteiger partial charge in [0.25, 0.3) is 5.56 Å². The van der Waals surface area contributed by atoms with Crippen molar-refractivity contribution >= 4 is 31.9 Å². The van der Waals surface area contributed by atoms with Gasteiger partial charge < -0.3 is 4.57 Å². The third kappa shape index (κ3) is 2.66. The van der Waals surface area contributed by atoms with Gasteiger partial charge in [0, 0.05) is 0 Å². The van der Waals surface area contributed by atoms with Crippen molar-refractivity contribution in [3.8, 4) is 0 Å². The average Bonchev–Trinajstić information content (AvgIpc) is 2.33. The minimum Gasteiger partial charge on any atom is -0.303 e. The molecule has 5 heteroatoms. The van der Waals surface area contributed by atoms with E-state index < -0.39 is 0 Å². The predicted octanol–water partition coefficient (Wildman–Crippen LogP) is 3.13. The Kier molecular flexibility index (Phi) is 3.79. The Bertz CT molecular complexity index is 593. The molecule has 88 valence electrons. The molecule has 0 saturated carbocycles. The third-order valence-corrected chi connectivity index (χ3v) is 3.77. The van der Waals surface area contributed by atoms with Crippen LogP contribution in [-0.2, 0) is 6.54 Å². The van der Waals surface area contributed by atoms with E-state index in [4.69, 9.17) is 0 Å². The fraction of sp³-hybridized carbons (Fsp3) is 0.167. The second-order valence-corrected chi connectivity index (χ2v) is 5.16. The number of rotatable bonds is 2. The fourth-order valence-corrected chi connectivity index (χ4v) is 2.57. The lowest BCUT2D eigenvalue weighted by atomic mass is 10.2. The Hall–Kier alpha value is -0.940. The highest BCUT2D eigenvalue weighted by Crippen LogP contribution is 2.14. The first kappa shape index (κ1) is 12.5. The lowest BCUT2D eigenvalue weighted by Gasteiger charge is -2.11. The number of nitrogens with zero attached hydrogens (tertiary/aromatic N) is 2. The second-order valence-electron chi connectivity index (χ2n) is 3.66. The van der Waals surface area contributed by atoms with E-state index in [9.17, 15) is 4.79 Å². The van der Waals surface area contributed by atoms with Crippen molar-refractivity contribution in [2.75, 3.05) is 0 Å². The molecule has 2 rings (SSSR count). The van der Waals surface area contributed by atoms with Crippen LogP contribution in [0.2, 0.25) is 0 Å². The van der Waals surface area contributed by atoms with E-state index in [0.717, 1.165) is 11.3 Å². The lowest BCUT2D eigenvalue weighted by molar-refractivity contribution is 0.705. The van der Waals surface area contributed by atoms with Gasteiger partial charge in [0.2, 0.25) is 0 Å². The van der Waals surface area contributed by atoms with Crippen LogP contribution < -0.4 is 5.56 Å². The quantitative estimate of drug-likeness (QED) is 0.827. The molecule has 1 aromatic heterocycles. The molecule has 1 aromatic carbocycles. The first-order valence-corrected chi connectivity index (χ1v) is 6.64. The van der Waals surface area contributed by atoms with Crippen molar-refractivity contribution in [3.63, 3.8) is 0 Å². The van der Waals surface area contributed by atoms with Crippen molar-refractivity contribution in [2.45, 2.75) is 13.5 Å². The van der Waals surface area contributed by atoms with Crippen LogP contribution in [0, 0.1) is 6.92 Å². The van der Waals surface area contributed by atoms with Gasteiger partial charge in [-0.1, -0.05) is 30.3 Å². The zero-order valence-corrected chi connectivity index (χ0v) is 12.3. The third-order valence-electron chi connectivity index (χ3n) is 2.50. The van der Waals surface area contributed by atoms with E-state index in [0.29, 0.717) is 15.8 Å². The second kappa shape index (κ2) is 5.14. The maximum absolute atomic E-state index is 12.0. The van der Waals surface area contributed by atoms with Crippen LogP contribution in [0.4, 0.5) is 0 Å². The highest BCUT2D eigenvalue weighted by atomic mass is 79.9. The first-order chi connectivity index (χ1) is 8.09. The normalized spacial score (nSPS) is 10.5. The largest absolute Gasteiger partial charge is 0.303 e. The van der Waals surface area contributed by atoms with Crippen molar-refractivity contribution < 1.29 is 0 Å². The minimum absolute atomic E-state index is 0.116. The SMILES string of the molecule is Cc1c(Br)nc(Br)c(=O)n1Cc1ccccc1. The number of benzene rings is 1. The molecule has 0 unspecified atom stereocenters. The molecule has 0 N–H and O–H groups in total. The molecule has 0 amide bonds. The Balaban J connectivity index is 2.50. The molecule has 0 fully saturated rings. The maximum Gasteiger partial charge on any atom is 0.284 e. The zero-order valence-electron chi connectivity index (χ0n) is 9.15. The van der Waals surface area contributed by atoms with Gasteiger partial charge in [-0.25, -0.2) is 4.98 Å². The molecule has 0 radical (unpaired) electrons. The highest BCUT2D eigenvalue weighted by Gasteiger charge is 2.10. The summed E-state index contributed by atoms with van der Waals surface area (Å²) in [6.45, 7) is 2.42. The number of hydrogen-bond donors (Lipinski definition) is 0. The van der Waals surface area contributed by atoms with E-state index in [2.05, 4.69) is 36.8 Å². The summed E-state index contributed by atoms with van der Waals surface area (Å²) in [6.07, 6.45) is 0. The summed E-state index contributed by atoms with van der Waals surface area (Å²) in [5.74, 6) is 0. The molecule has 0 aliphatic heterocycles. The Morgan fingerprint density at radius 3 is 2.47 bits per heavy atom. The summed E-state index contributed by atoms with van der Waals surface area (Å²) in [4.78, 5) is 16.1. The van der Waals surface area contributed by atoms with Crippen LogP contribution in [0.5, 0.6) is 0 Å².